The van der Waals surface area contributed by atoms with Gasteiger partial charge in [-0.3, -0.25) is 9.59 Å². The van der Waals surface area contributed by atoms with Crippen molar-refractivity contribution in [2.45, 2.75) is 12.6 Å². The standard InChI is InChI=1S/C23H17NO6/c25-20(15-5-2-1-3-6-15)18-19(17-7-4-12-30-17)24(22(27)21(18)26)13-14-8-10-16(11-9-14)23(28)29/h1-12,19,25H,13H2,(H,28,29)/b20-18-. The molecule has 1 fully saturated rings. The molecule has 1 aromatic heterocycles. The summed E-state index contributed by atoms with van der Waals surface area (Å²) >= 11 is 0. The lowest BCUT2D eigenvalue weighted by Gasteiger charge is -2.23. The van der Waals surface area contributed by atoms with Crippen LogP contribution in [-0.4, -0.2) is 32.8 Å². The van der Waals surface area contributed by atoms with Gasteiger partial charge in [0.15, 0.2) is 0 Å². The van der Waals surface area contributed by atoms with Gasteiger partial charge in [-0.15, -0.1) is 0 Å². The van der Waals surface area contributed by atoms with Crippen LogP contribution in [0.1, 0.15) is 33.3 Å². The van der Waals surface area contributed by atoms with E-state index >= 15 is 0 Å². The molecule has 1 aliphatic rings. The second-order valence-electron chi connectivity index (χ2n) is 6.81. The monoisotopic (exact) mass is 403 g/mol. The summed E-state index contributed by atoms with van der Waals surface area (Å²) in [7, 11) is 0. The van der Waals surface area contributed by atoms with Gasteiger partial charge in [-0.25, -0.2) is 4.79 Å². The van der Waals surface area contributed by atoms with Crippen LogP contribution in [0.4, 0.5) is 0 Å². The summed E-state index contributed by atoms with van der Waals surface area (Å²) in [5.41, 5.74) is 1.12. The third-order valence-electron chi connectivity index (χ3n) is 4.95. The molecule has 30 heavy (non-hydrogen) atoms. The third-order valence-corrected chi connectivity index (χ3v) is 4.95. The molecule has 7 nitrogen and oxygen atoms in total. The van der Waals surface area contributed by atoms with E-state index in [1.807, 2.05) is 0 Å². The number of nitrogens with zero attached hydrogens (tertiary/aromatic N) is 1. The molecule has 1 atom stereocenters. The summed E-state index contributed by atoms with van der Waals surface area (Å²) in [5.74, 6) is -2.57. The molecule has 2 aromatic carbocycles. The first-order valence-electron chi connectivity index (χ1n) is 9.17. The fourth-order valence-electron chi connectivity index (χ4n) is 3.49. The van der Waals surface area contributed by atoms with Crippen molar-refractivity contribution in [3.8, 4) is 0 Å². The van der Waals surface area contributed by atoms with Gasteiger partial charge in [0.1, 0.15) is 17.6 Å². The van der Waals surface area contributed by atoms with Crippen molar-refractivity contribution < 1.29 is 29.0 Å². The quantitative estimate of drug-likeness (QED) is 0.383. The van der Waals surface area contributed by atoms with Gasteiger partial charge in [-0.1, -0.05) is 42.5 Å². The molecule has 1 saturated heterocycles. The van der Waals surface area contributed by atoms with Crippen molar-refractivity contribution in [2.75, 3.05) is 0 Å². The number of carboxylic acids is 1. The van der Waals surface area contributed by atoms with Gasteiger partial charge >= 0.3 is 5.97 Å². The highest BCUT2D eigenvalue weighted by molar-refractivity contribution is 6.46. The van der Waals surface area contributed by atoms with Gasteiger partial charge in [0.2, 0.25) is 0 Å². The van der Waals surface area contributed by atoms with Crippen LogP contribution in [0, 0.1) is 0 Å². The van der Waals surface area contributed by atoms with Crippen LogP contribution in [0.3, 0.4) is 0 Å². The molecule has 7 heteroatoms. The Labute approximate surface area is 171 Å². The highest BCUT2D eigenvalue weighted by atomic mass is 16.4. The Kier molecular flexibility index (Phi) is 4.93. The first-order valence-corrected chi connectivity index (χ1v) is 9.17. The Bertz CT molecular complexity index is 1130. The Hall–Kier alpha value is -4.13. The summed E-state index contributed by atoms with van der Waals surface area (Å²) in [5, 5.41) is 19.9. The van der Waals surface area contributed by atoms with E-state index in [2.05, 4.69) is 0 Å². The SMILES string of the molecule is O=C1C(=O)N(Cc2ccc(C(=O)O)cc2)C(c2ccco2)/C1=C(/O)c1ccccc1. The van der Waals surface area contributed by atoms with E-state index in [1.165, 1.54) is 23.3 Å². The van der Waals surface area contributed by atoms with Crippen molar-refractivity contribution in [3.05, 3.63) is 101 Å². The molecule has 1 unspecified atom stereocenters. The van der Waals surface area contributed by atoms with Crippen molar-refractivity contribution in [1.82, 2.24) is 4.90 Å². The topological polar surface area (TPSA) is 108 Å². The number of benzene rings is 2. The maximum Gasteiger partial charge on any atom is 0.335 e. The van der Waals surface area contributed by atoms with Gasteiger partial charge in [0.25, 0.3) is 11.7 Å². The largest absolute Gasteiger partial charge is 0.507 e. The molecule has 0 radical (unpaired) electrons. The number of hydrogen-bond donors (Lipinski definition) is 2. The minimum Gasteiger partial charge on any atom is -0.507 e. The summed E-state index contributed by atoms with van der Waals surface area (Å²) in [6.45, 7) is 0.0431. The molecular weight excluding hydrogens is 386 g/mol. The second kappa shape index (κ2) is 7.71. The highest BCUT2D eigenvalue weighted by Crippen LogP contribution is 2.40. The van der Waals surface area contributed by atoms with E-state index < -0.39 is 23.7 Å². The average molecular weight is 403 g/mol. The first kappa shape index (κ1) is 19.2. The van der Waals surface area contributed by atoms with E-state index in [4.69, 9.17) is 9.52 Å². The maximum atomic E-state index is 12.8. The van der Waals surface area contributed by atoms with Gasteiger partial charge in [-0.05, 0) is 29.8 Å². The van der Waals surface area contributed by atoms with Crippen molar-refractivity contribution in [1.29, 1.82) is 0 Å². The van der Waals surface area contributed by atoms with Gasteiger partial charge < -0.3 is 19.5 Å². The highest BCUT2D eigenvalue weighted by Gasteiger charge is 2.47. The van der Waals surface area contributed by atoms with E-state index in [0.29, 0.717) is 16.9 Å². The number of amides is 1. The zero-order chi connectivity index (χ0) is 21.3. The number of rotatable bonds is 5. The van der Waals surface area contributed by atoms with Gasteiger partial charge in [-0.2, -0.15) is 0 Å². The lowest BCUT2D eigenvalue weighted by Crippen LogP contribution is -2.29. The number of aliphatic hydroxyl groups is 1. The molecule has 0 aliphatic carbocycles. The lowest BCUT2D eigenvalue weighted by molar-refractivity contribution is -0.140. The molecule has 2 N–H and O–H groups in total. The zero-order valence-corrected chi connectivity index (χ0v) is 15.7. The van der Waals surface area contributed by atoms with Crippen molar-refractivity contribution in [2.24, 2.45) is 0 Å². The van der Waals surface area contributed by atoms with Crippen LogP contribution in [0.5, 0.6) is 0 Å². The van der Waals surface area contributed by atoms with Crippen molar-refractivity contribution >= 4 is 23.4 Å². The van der Waals surface area contributed by atoms with Gasteiger partial charge in [0.05, 0.1) is 17.4 Å². The van der Waals surface area contributed by atoms with Crippen LogP contribution in [0.25, 0.3) is 5.76 Å². The van der Waals surface area contributed by atoms with E-state index in [0.717, 1.165) is 0 Å². The Morgan fingerprint density at radius 1 is 0.900 bits per heavy atom. The summed E-state index contributed by atoms with van der Waals surface area (Å²) in [6, 6.07) is 16.9. The van der Waals surface area contributed by atoms with Crippen LogP contribution in [0.2, 0.25) is 0 Å². The van der Waals surface area contributed by atoms with E-state index in [1.54, 1.807) is 54.6 Å². The fourth-order valence-corrected chi connectivity index (χ4v) is 3.49. The number of aliphatic hydroxyl groups excluding tert-OH is 1. The number of carbonyl (C=O) groups excluding carboxylic acids is 2. The number of furan rings is 1. The van der Waals surface area contributed by atoms with Crippen molar-refractivity contribution in [3.63, 3.8) is 0 Å². The molecule has 0 saturated carbocycles. The molecule has 150 valence electrons. The van der Waals surface area contributed by atoms with E-state index in [-0.39, 0.29) is 23.4 Å². The molecule has 4 rings (SSSR count). The molecule has 0 bridgehead atoms. The third kappa shape index (κ3) is 3.37. The molecular formula is C23H17NO6. The lowest BCUT2D eigenvalue weighted by atomic mass is 9.99. The average Bonchev–Trinajstić information content (AvgIpc) is 3.37. The van der Waals surface area contributed by atoms with Gasteiger partial charge in [0, 0.05) is 12.1 Å². The van der Waals surface area contributed by atoms with Crippen LogP contribution >= 0.6 is 0 Å². The number of Topliss-reactive ketones (excluding diaryl/α,β-unsaturated/α-hetero) is 1. The van der Waals surface area contributed by atoms with Crippen LogP contribution in [-0.2, 0) is 16.1 Å². The Morgan fingerprint density at radius 3 is 2.20 bits per heavy atom. The summed E-state index contributed by atoms with van der Waals surface area (Å²) < 4.78 is 5.48. The predicted molar refractivity (Wildman–Crippen MR) is 106 cm³/mol. The minimum absolute atomic E-state index is 0.0431. The van der Waals surface area contributed by atoms with E-state index in [9.17, 15) is 19.5 Å². The second-order valence-corrected chi connectivity index (χ2v) is 6.81. The normalized spacial score (nSPS) is 18.0. The number of hydrogen-bond acceptors (Lipinski definition) is 5. The zero-order valence-electron chi connectivity index (χ0n) is 15.7. The molecule has 1 aliphatic heterocycles. The smallest absolute Gasteiger partial charge is 0.335 e. The van der Waals surface area contributed by atoms with Crippen LogP contribution < -0.4 is 0 Å². The summed E-state index contributed by atoms with van der Waals surface area (Å²) in [6.07, 6.45) is 1.43. The minimum atomic E-state index is -1.06. The number of carbonyl (C=O) groups is 3. The first-order chi connectivity index (χ1) is 14.5. The Balaban J connectivity index is 1.77. The number of carboxylic acid groups (broad SMARTS) is 1. The molecule has 0 spiro atoms. The number of likely N-dealkylation sites (tertiary alicyclic amines) is 1. The predicted octanol–water partition coefficient (Wildman–Crippen LogP) is 3.60. The van der Waals surface area contributed by atoms with Crippen LogP contribution in [0.15, 0.2) is 83.0 Å². The number of ketones is 1. The molecule has 1 amide bonds. The Morgan fingerprint density at radius 2 is 1.60 bits per heavy atom. The summed E-state index contributed by atoms with van der Waals surface area (Å²) in [4.78, 5) is 38.0. The molecule has 3 aromatic rings. The number of aromatic carboxylic acids is 1. The maximum absolute atomic E-state index is 12.8. The fraction of sp³-hybridized carbons (Fsp3) is 0.0870. The molecule has 2 heterocycles.